The van der Waals surface area contributed by atoms with Crippen LogP contribution in [0.5, 0.6) is 0 Å². The molecule has 0 heterocycles. The van der Waals surface area contributed by atoms with Crippen molar-refractivity contribution in [1.82, 2.24) is 5.32 Å². The summed E-state index contributed by atoms with van der Waals surface area (Å²) in [7, 11) is 0. The SMILES string of the molecule is CCCNCCNc1ccc(F)c(Cl)c1. The Morgan fingerprint density at radius 2 is 2.07 bits per heavy atom. The molecule has 0 aliphatic carbocycles. The van der Waals surface area contributed by atoms with Crippen LogP contribution in [0, 0.1) is 5.82 Å². The number of hydrogen-bond donors (Lipinski definition) is 2. The highest BCUT2D eigenvalue weighted by molar-refractivity contribution is 6.31. The van der Waals surface area contributed by atoms with E-state index < -0.39 is 0 Å². The van der Waals surface area contributed by atoms with Crippen LogP contribution in [-0.4, -0.2) is 19.6 Å². The maximum Gasteiger partial charge on any atom is 0.141 e. The van der Waals surface area contributed by atoms with Gasteiger partial charge in [-0.2, -0.15) is 0 Å². The van der Waals surface area contributed by atoms with E-state index >= 15 is 0 Å². The molecule has 84 valence electrons. The predicted octanol–water partition coefficient (Wildman–Crippen LogP) is 2.89. The number of benzene rings is 1. The van der Waals surface area contributed by atoms with Crippen LogP contribution in [0.2, 0.25) is 5.02 Å². The third kappa shape index (κ3) is 4.49. The van der Waals surface area contributed by atoms with Crippen LogP contribution >= 0.6 is 11.6 Å². The van der Waals surface area contributed by atoms with E-state index in [4.69, 9.17) is 11.6 Å². The Bertz CT molecular complexity index is 305. The zero-order valence-corrected chi connectivity index (χ0v) is 9.57. The molecule has 0 saturated carbocycles. The van der Waals surface area contributed by atoms with Gasteiger partial charge in [0.05, 0.1) is 5.02 Å². The molecule has 1 rings (SSSR count). The molecule has 0 bridgehead atoms. The van der Waals surface area contributed by atoms with Gasteiger partial charge < -0.3 is 10.6 Å². The summed E-state index contributed by atoms with van der Waals surface area (Å²) in [4.78, 5) is 0. The Hall–Kier alpha value is -0.800. The average Bonchev–Trinajstić information content (AvgIpc) is 2.23. The van der Waals surface area contributed by atoms with Gasteiger partial charge in [-0.25, -0.2) is 4.39 Å². The minimum atomic E-state index is -0.383. The fraction of sp³-hybridized carbons (Fsp3) is 0.455. The third-order valence-corrected chi connectivity index (χ3v) is 2.27. The summed E-state index contributed by atoms with van der Waals surface area (Å²) in [6.07, 6.45) is 1.13. The van der Waals surface area contributed by atoms with E-state index in [1.54, 1.807) is 12.1 Å². The number of nitrogens with one attached hydrogen (secondary N) is 2. The van der Waals surface area contributed by atoms with Gasteiger partial charge in [0, 0.05) is 18.8 Å². The van der Waals surface area contributed by atoms with E-state index in [2.05, 4.69) is 17.6 Å². The van der Waals surface area contributed by atoms with Gasteiger partial charge in [-0.15, -0.1) is 0 Å². The lowest BCUT2D eigenvalue weighted by atomic mass is 10.3. The summed E-state index contributed by atoms with van der Waals surface area (Å²) in [5, 5.41) is 6.57. The van der Waals surface area contributed by atoms with Crippen molar-refractivity contribution in [2.75, 3.05) is 25.0 Å². The highest BCUT2D eigenvalue weighted by Gasteiger charge is 1.99. The van der Waals surface area contributed by atoms with Gasteiger partial charge in [-0.1, -0.05) is 18.5 Å². The Balaban J connectivity index is 2.28. The maximum atomic E-state index is 12.8. The summed E-state index contributed by atoms with van der Waals surface area (Å²) >= 11 is 5.65. The molecule has 0 atom stereocenters. The molecule has 0 aliphatic rings. The molecule has 0 unspecified atom stereocenters. The van der Waals surface area contributed by atoms with Gasteiger partial charge in [0.2, 0.25) is 0 Å². The smallest absolute Gasteiger partial charge is 0.141 e. The van der Waals surface area contributed by atoms with Gasteiger partial charge >= 0.3 is 0 Å². The van der Waals surface area contributed by atoms with Crippen molar-refractivity contribution in [2.45, 2.75) is 13.3 Å². The van der Waals surface area contributed by atoms with E-state index in [-0.39, 0.29) is 10.8 Å². The summed E-state index contributed by atoms with van der Waals surface area (Å²) in [5.74, 6) is -0.383. The van der Waals surface area contributed by atoms with Gasteiger partial charge in [0.15, 0.2) is 0 Å². The van der Waals surface area contributed by atoms with Crippen LogP contribution in [0.25, 0.3) is 0 Å². The van der Waals surface area contributed by atoms with E-state index in [0.717, 1.165) is 31.7 Å². The van der Waals surface area contributed by atoms with Gasteiger partial charge in [0.25, 0.3) is 0 Å². The molecule has 0 fully saturated rings. The van der Waals surface area contributed by atoms with Crippen LogP contribution in [0.15, 0.2) is 18.2 Å². The highest BCUT2D eigenvalue weighted by atomic mass is 35.5. The van der Waals surface area contributed by atoms with E-state index in [1.165, 1.54) is 6.07 Å². The first-order chi connectivity index (χ1) is 7.24. The fourth-order valence-corrected chi connectivity index (χ4v) is 1.38. The summed E-state index contributed by atoms with van der Waals surface area (Å²) in [6.45, 7) is 4.84. The first kappa shape index (κ1) is 12.3. The van der Waals surface area contributed by atoms with Crippen LogP contribution in [0.1, 0.15) is 13.3 Å². The van der Waals surface area contributed by atoms with Crippen molar-refractivity contribution in [2.24, 2.45) is 0 Å². The monoisotopic (exact) mass is 230 g/mol. The molecule has 4 heteroatoms. The minimum Gasteiger partial charge on any atom is -0.384 e. The molecular formula is C11H16ClFN2. The number of anilines is 1. The molecule has 15 heavy (non-hydrogen) atoms. The molecule has 1 aromatic rings. The second-order valence-electron chi connectivity index (χ2n) is 3.31. The number of hydrogen-bond acceptors (Lipinski definition) is 2. The minimum absolute atomic E-state index is 0.154. The van der Waals surface area contributed by atoms with Crippen molar-refractivity contribution in [3.8, 4) is 0 Å². The second-order valence-corrected chi connectivity index (χ2v) is 3.71. The van der Waals surface area contributed by atoms with Crippen molar-refractivity contribution in [3.05, 3.63) is 29.0 Å². The standard InChI is InChI=1S/C11H16ClFN2/c1-2-5-14-6-7-15-9-3-4-11(13)10(12)8-9/h3-4,8,14-15H,2,5-7H2,1H3. The lowest BCUT2D eigenvalue weighted by Crippen LogP contribution is -2.22. The van der Waals surface area contributed by atoms with Gasteiger partial charge in [-0.3, -0.25) is 0 Å². The zero-order valence-electron chi connectivity index (χ0n) is 8.82. The average molecular weight is 231 g/mol. The summed E-state index contributed by atoms with van der Waals surface area (Å²) in [5.41, 5.74) is 0.847. The summed E-state index contributed by atoms with van der Waals surface area (Å²) < 4.78 is 12.8. The molecule has 2 N–H and O–H groups in total. The Labute approximate surface area is 94.8 Å². The molecular weight excluding hydrogens is 215 g/mol. The van der Waals surface area contributed by atoms with Crippen LogP contribution in [0.3, 0.4) is 0 Å². The Morgan fingerprint density at radius 3 is 2.73 bits per heavy atom. The van der Waals surface area contributed by atoms with Crippen molar-refractivity contribution >= 4 is 17.3 Å². The lowest BCUT2D eigenvalue weighted by molar-refractivity contribution is 0.628. The van der Waals surface area contributed by atoms with E-state index in [1.807, 2.05) is 0 Å². The third-order valence-electron chi connectivity index (χ3n) is 1.98. The topological polar surface area (TPSA) is 24.1 Å². The maximum absolute atomic E-state index is 12.8. The van der Waals surface area contributed by atoms with Crippen LogP contribution < -0.4 is 10.6 Å². The Morgan fingerprint density at radius 1 is 1.27 bits per heavy atom. The van der Waals surface area contributed by atoms with E-state index in [0.29, 0.717) is 0 Å². The normalized spacial score (nSPS) is 10.3. The molecule has 0 aromatic heterocycles. The Kier molecular flexibility index (Phi) is 5.43. The van der Waals surface area contributed by atoms with Crippen molar-refractivity contribution in [3.63, 3.8) is 0 Å². The van der Waals surface area contributed by atoms with Crippen molar-refractivity contribution in [1.29, 1.82) is 0 Å². The summed E-state index contributed by atoms with van der Waals surface area (Å²) in [6, 6.07) is 4.64. The molecule has 0 aliphatic heterocycles. The first-order valence-electron chi connectivity index (χ1n) is 5.13. The van der Waals surface area contributed by atoms with Crippen molar-refractivity contribution < 1.29 is 4.39 Å². The molecule has 0 amide bonds. The molecule has 0 radical (unpaired) electrons. The van der Waals surface area contributed by atoms with E-state index in [9.17, 15) is 4.39 Å². The zero-order chi connectivity index (χ0) is 11.1. The van der Waals surface area contributed by atoms with Crippen LogP contribution in [0.4, 0.5) is 10.1 Å². The fourth-order valence-electron chi connectivity index (χ4n) is 1.20. The van der Waals surface area contributed by atoms with Crippen LogP contribution in [-0.2, 0) is 0 Å². The largest absolute Gasteiger partial charge is 0.384 e. The molecule has 0 spiro atoms. The second kappa shape index (κ2) is 6.64. The number of rotatable bonds is 6. The molecule has 0 saturated heterocycles. The van der Waals surface area contributed by atoms with Gasteiger partial charge in [-0.05, 0) is 31.2 Å². The molecule has 1 aromatic carbocycles. The number of halogens is 2. The predicted molar refractivity (Wildman–Crippen MR) is 63.1 cm³/mol. The highest BCUT2D eigenvalue weighted by Crippen LogP contribution is 2.18. The quantitative estimate of drug-likeness (QED) is 0.735. The molecule has 2 nitrogen and oxygen atoms in total. The first-order valence-corrected chi connectivity index (χ1v) is 5.51. The lowest BCUT2D eigenvalue weighted by Gasteiger charge is -2.07. The van der Waals surface area contributed by atoms with Gasteiger partial charge in [0.1, 0.15) is 5.82 Å².